The first-order chi connectivity index (χ1) is 15.9. The topological polar surface area (TPSA) is 110 Å². The molecular weight excluding hydrogens is 448 g/mol. The van der Waals surface area contributed by atoms with E-state index in [1.807, 2.05) is 19.9 Å². The molecule has 1 saturated heterocycles. The van der Waals surface area contributed by atoms with Crippen molar-refractivity contribution in [3.05, 3.63) is 36.1 Å². The highest BCUT2D eigenvalue weighted by atomic mass is 32.2. The molecule has 0 aliphatic carbocycles. The third-order valence-corrected chi connectivity index (χ3v) is 6.51. The van der Waals surface area contributed by atoms with Crippen molar-refractivity contribution in [2.24, 2.45) is 4.40 Å². The zero-order valence-corrected chi connectivity index (χ0v) is 19.6. The molecule has 1 aromatic rings. The lowest BCUT2D eigenvalue weighted by Crippen LogP contribution is -2.40. The van der Waals surface area contributed by atoms with Gasteiger partial charge in [0.25, 0.3) is 15.9 Å². The number of benzene rings is 1. The normalized spacial score (nSPS) is 19.3. The van der Waals surface area contributed by atoms with Gasteiger partial charge in [0.1, 0.15) is 11.5 Å². The Morgan fingerprint density at radius 1 is 1.12 bits per heavy atom. The number of rotatable bonds is 7. The summed E-state index contributed by atoms with van der Waals surface area (Å²) >= 11 is 0. The van der Waals surface area contributed by atoms with E-state index in [0.29, 0.717) is 43.6 Å². The van der Waals surface area contributed by atoms with Crippen LogP contribution >= 0.6 is 0 Å². The first-order valence-corrected chi connectivity index (χ1v) is 12.6. The van der Waals surface area contributed by atoms with E-state index in [1.54, 1.807) is 29.3 Å². The van der Waals surface area contributed by atoms with Gasteiger partial charge in [-0.3, -0.25) is 4.79 Å². The van der Waals surface area contributed by atoms with Gasteiger partial charge in [-0.1, -0.05) is 0 Å². The second-order valence-electron chi connectivity index (χ2n) is 7.55. The highest BCUT2D eigenvalue weighted by molar-refractivity contribution is 7.90. The number of morpholine rings is 1. The van der Waals surface area contributed by atoms with Crippen LogP contribution in [0, 0.1) is 0 Å². The monoisotopic (exact) mass is 476 g/mol. The number of carbonyl (C=O) groups is 1. The number of ether oxygens (including phenoxy) is 3. The molecule has 0 radical (unpaired) electrons. The molecule has 1 amide bonds. The zero-order chi connectivity index (χ0) is 23.4. The number of hydrogen-bond acceptors (Lipinski definition) is 8. The summed E-state index contributed by atoms with van der Waals surface area (Å²) in [6.45, 7) is 7.56. The van der Waals surface area contributed by atoms with Crippen molar-refractivity contribution in [1.82, 2.24) is 4.90 Å². The minimum Gasteiger partial charge on any atom is -0.492 e. The van der Waals surface area contributed by atoms with E-state index in [-0.39, 0.29) is 23.7 Å². The number of amidine groups is 1. The smallest absolute Gasteiger partial charge is 0.259 e. The SMILES string of the molecule is CCOc1cc(N2CCOCC2)c(OCC)cc1NC(=O)C1=CC=CN2CCS(=O)(=O)N=C12. The molecule has 0 unspecified atom stereocenters. The van der Waals surface area contributed by atoms with Crippen LogP contribution in [0.5, 0.6) is 11.5 Å². The van der Waals surface area contributed by atoms with Gasteiger partial charge < -0.3 is 29.3 Å². The maximum absolute atomic E-state index is 13.2. The average Bonchev–Trinajstić information content (AvgIpc) is 2.80. The van der Waals surface area contributed by atoms with Crippen LogP contribution < -0.4 is 19.7 Å². The molecule has 0 atom stereocenters. The van der Waals surface area contributed by atoms with E-state index < -0.39 is 15.9 Å². The molecule has 3 heterocycles. The fourth-order valence-corrected chi connectivity index (χ4v) is 4.81. The van der Waals surface area contributed by atoms with Crippen LogP contribution in [0.25, 0.3) is 0 Å². The lowest BCUT2D eigenvalue weighted by molar-refractivity contribution is -0.112. The van der Waals surface area contributed by atoms with Gasteiger partial charge in [0.2, 0.25) is 0 Å². The minimum atomic E-state index is -3.61. The third-order valence-electron chi connectivity index (χ3n) is 5.36. The number of amides is 1. The Labute approximate surface area is 193 Å². The van der Waals surface area contributed by atoms with Crippen molar-refractivity contribution in [2.75, 3.05) is 62.0 Å². The summed E-state index contributed by atoms with van der Waals surface area (Å²) in [6.07, 6.45) is 4.96. The molecule has 4 rings (SSSR count). The van der Waals surface area contributed by atoms with Crippen molar-refractivity contribution in [2.45, 2.75) is 13.8 Å². The van der Waals surface area contributed by atoms with Crippen molar-refractivity contribution in [3.8, 4) is 11.5 Å². The molecule has 1 fully saturated rings. The second-order valence-corrected chi connectivity index (χ2v) is 9.31. The summed E-state index contributed by atoms with van der Waals surface area (Å²) in [6, 6.07) is 3.60. The lowest BCUT2D eigenvalue weighted by Gasteiger charge is -2.31. The number of hydrogen-bond donors (Lipinski definition) is 1. The summed E-state index contributed by atoms with van der Waals surface area (Å²) in [5, 5.41) is 2.86. The van der Waals surface area contributed by atoms with E-state index in [1.165, 1.54) is 0 Å². The molecule has 0 spiro atoms. The highest BCUT2D eigenvalue weighted by Crippen LogP contribution is 2.39. The minimum absolute atomic E-state index is 0.0923. The van der Waals surface area contributed by atoms with Crippen LogP contribution in [-0.4, -0.2) is 76.9 Å². The molecule has 33 heavy (non-hydrogen) atoms. The van der Waals surface area contributed by atoms with Gasteiger partial charge in [0.15, 0.2) is 5.84 Å². The van der Waals surface area contributed by atoms with E-state index in [4.69, 9.17) is 14.2 Å². The van der Waals surface area contributed by atoms with Crippen LogP contribution in [0.3, 0.4) is 0 Å². The van der Waals surface area contributed by atoms with Crippen molar-refractivity contribution < 1.29 is 27.4 Å². The van der Waals surface area contributed by atoms with Crippen LogP contribution in [-0.2, 0) is 19.6 Å². The largest absolute Gasteiger partial charge is 0.492 e. The molecule has 0 aromatic heterocycles. The van der Waals surface area contributed by atoms with E-state index in [9.17, 15) is 13.2 Å². The summed E-state index contributed by atoms with van der Waals surface area (Å²) < 4.78 is 45.0. The van der Waals surface area contributed by atoms with Gasteiger partial charge in [0, 0.05) is 38.0 Å². The summed E-state index contributed by atoms with van der Waals surface area (Å²) in [5.41, 5.74) is 1.47. The standard InChI is InChI=1S/C22H28N4O6S/c1-3-31-19-15-18(25-8-11-30-12-9-25)20(32-4-2)14-17(19)23-22(27)16-6-5-7-26-10-13-33(28,29)24-21(16)26/h5-7,14-15H,3-4,8-13H2,1-2H3,(H,23,27). The molecule has 0 saturated carbocycles. The highest BCUT2D eigenvalue weighted by Gasteiger charge is 2.30. The fraction of sp³-hybridized carbons (Fsp3) is 0.455. The predicted molar refractivity (Wildman–Crippen MR) is 126 cm³/mol. The van der Waals surface area contributed by atoms with E-state index >= 15 is 0 Å². The Hall–Kier alpha value is -3.05. The van der Waals surface area contributed by atoms with Crippen LogP contribution in [0.2, 0.25) is 0 Å². The lowest BCUT2D eigenvalue weighted by atomic mass is 10.1. The zero-order valence-electron chi connectivity index (χ0n) is 18.7. The summed E-state index contributed by atoms with van der Waals surface area (Å²) in [7, 11) is -3.61. The number of fused-ring (bicyclic) bond motifs is 1. The number of allylic oxidation sites excluding steroid dienone is 2. The Balaban J connectivity index is 1.67. The maximum atomic E-state index is 13.2. The van der Waals surface area contributed by atoms with Gasteiger partial charge in [0.05, 0.1) is 49.1 Å². The molecule has 178 valence electrons. The number of nitrogens with one attached hydrogen (secondary N) is 1. The quantitative estimate of drug-likeness (QED) is 0.634. The van der Waals surface area contributed by atoms with Crippen LogP contribution in [0.1, 0.15) is 13.8 Å². The second kappa shape index (κ2) is 9.84. The number of nitrogens with zero attached hydrogens (tertiary/aromatic N) is 3. The average molecular weight is 477 g/mol. The molecular formula is C22H28N4O6S. The predicted octanol–water partition coefficient (Wildman–Crippen LogP) is 1.76. The Morgan fingerprint density at radius 3 is 2.58 bits per heavy atom. The molecule has 3 aliphatic heterocycles. The molecule has 1 aromatic carbocycles. The molecule has 3 aliphatic rings. The van der Waals surface area contributed by atoms with Gasteiger partial charge in [-0.05, 0) is 26.0 Å². The van der Waals surface area contributed by atoms with Crippen molar-refractivity contribution >= 4 is 33.1 Å². The van der Waals surface area contributed by atoms with Crippen LogP contribution in [0.15, 0.2) is 40.5 Å². The van der Waals surface area contributed by atoms with Crippen molar-refractivity contribution in [3.63, 3.8) is 0 Å². The summed E-state index contributed by atoms with van der Waals surface area (Å²) in [4.78, 5) is 17.0. The first kappa shape index (κ1) is 23.1. The van der Waals surface area contributed by atoms with Gasteiger partial charge in [-0.15, -0.1) is 4.40 Å². The molecule has 1 N–H and O–H groups in total. The maximum Gasteiger partial charge on any atom is 0.259 e. The van der Waals surface area contributed by atoms with Gasteiger partial charge in [-0.2, -0.15) is 0 Å². The van der Waals surface area contributed by atoms with Crippen molar-refractivity contribution in [1.29, 1.82) is 0 Å². The van der Waals surface area contributed by atoms with Gasteiger partial charge >= 0.3 is 0 Å². The fourth-order valence-electron chi connectivity index (χ4n) is 3.83. The molecule has 0 bridgehead atoms. The number of carbonyl (C=O) groups excluding carboxylic acids is 1. The third kappa shape index (κ3) is 5.14. The Bertz CT molecular complexity index is 1110. The van der Waals surface area contributed by atoms with Crippen LogP contribution in [0.4, 0.5) is 11.4 Å². The summed E-state index contributed by atoms with van der Waals surface area (Å²) in [5.74, 6) is 0.662. The number of sulfonamides is 1. The Morgan fingerprint density at radius 2 is 1.85 bits per heavy atom. The van der Waals surface area contributed by atoms with Gasteiger partial charge in [-0.25, -0.2) is 8.42 Å². The number of anilines is 2. The first-order valence-electron chi connectivity index (χ1n) is 11.0. The molecule has 11 heteroatoms. The van der Waals surface area contributed by atoms with E-state index in [0.717, 1.165) is 18.8 Å². The molecule has 10 nitrogen and oxygen atoms in total. The van der Waals surface area contributed by atoms with E-state index in [2.05, 4.69) is 14.6 Å². The Kier molecular flexibility index (Phi) is 6.89.